The van der Waals surface area contributed by atoms with Crippen molar-refractivity contribution in [3.05, 3.63) is 41.4 Å². The van der Waals surface area contributed by atoms with Gasteiger partial charge in [0.2, 0.25) is 0 Å². The third-order valence-corrected chi connectivity index (χ3v) is 3.33. The van der Waals surface area contributed by atoms with E-state index in [0.717, 1.165) is 34.9 Å². The van der Waals surface area contributed by atoms with Crippen LogP contribution in [0.2, 0.25) is 5.02 Å². The average molecular weight is 250 g/mol. The van der Waals surface area contributed by atoms with Crippen LogP contribution in [0.25, 0.3) is 11.3 Å². The summed E-state index contributed by atoms with van der Waals surface area (Å²) in [6.07, 6.45) is 3.67. The summed E-state index contributed by atoms with van der Waals surface area (Å²) in [7, 11) is 0. The molecular formula is C14H16ClNO. The van der Waals surface area contributed by atoms with Gasteiger partial charge >= 0.3 is 0 Å². The fraction of sp³-hybridized carbons (Fsp3) is 0.357. The lowest BCUT2D eigenvalue weighted by Gasteiger charge is -2.10. The van der Waals surface area contributed by atoms with Crippen molar-refractivity contribution in [3.63, 3.8) is 0 Å². The molecule has 0 fully saturated rings. The Morgan fingerprint density at radius 3 is 2.41 bits per heavy atom. The largest absolute Gasteiger partial charge is 0.443 e. The van der Waals surface area contributed by atoms with Crippen LogP contribution in [0.4, 0.5) is 0 Å². The summed E-state index contributed by atoms with van der Waals surface area (Å²) in [5.74, 6) is 1.33. The zero-order valence-corrected chi connectivity index (χ0v) is 10.9. The quantitative estimate of drug-likeness (QED) is 0.770. The predicted octanol–water partition coefficient (Wildman–Crippen LogP) is 4.90. The molecular weight excluding hydrogens is 234 g/mol. The van der Waals surface area contributed by atoms with Crippen molar-refractivity contribution in [3.8, 4) is 11.3 Å². The molecule has 1 heterocycles. The van der Waals surface area contributed by atoms with Gasteiger partial charge in [-0.2, -0.15) is 0 Å². The highest BCUT2D eigenvalue weighted by Gasteiger charge is 2.17. The van der Waals surface area contributed by atoms with Crippen LogP contribution in [0.15, 0.2) is 35.1 Å². The van der Waals surface area contributed by atoms with Crippen LogP contribution in [-0.4, -0.2) is 4.98 Å². The lowest BCUT2D eigenvalue weighted by Crippen LogP contribution is -1.97. The highest BCUT2D eigenvalue weighted by molar-refractivity contribution is 6.30. The van der Waals surface area contributed by atoms with Crippen molar-refractivity contribution in [2.75, 3.05) is 0 Å². The normalized spacial score (nSPS) is 11.1. The van der Waals surface area contributed by atoms with Crippen molar-refractivity contribution in [2.45, 2.75) is 32.6 Å². The summed E-state index contributed by atoms with van der Waals surface area (Å²) in [5, 5.41) is 0.734. The second-order valence-corrected chi connectivity index (χ2v) is 4.52. The van der Waals surface area contributed by atoms with Gasteiger partial charge in [0.1, 0.15) is 0 Å². The average Bonchev–Trinajstić information content (AvgIpc) is 2.81. The lowest BCUT2D eigenvalue weighted by molar-refractivity contribution is 0.565. The number of nitrogens with zero attached hydrogens (tertiary/aromatic N) is 1. The molecule has 0 saturated heterocycles. The molecule has 0 aliphatic carbocycles. The van der Waals surface area contributed by atoms with Crippen molar-refractivity contribution >= 4 is 11.6 Å². The molecule has 17 heavy (non-hydrogen) atoms. The van der Waals surface area contributed by atoms with E-state index in [1.165, 1.54) is 6.39 Å². The molecule has 0 aliphatic heterocycles. The molecule has 0 unspecified atom stereocenters. The molecule has 0 N–H and O–H groups in total. The highest BCUT2D eigenvalue weighted by Crippen LogP contribution is 2.32. The van der Waals surface area contributed by atoms with E-state index in [2.05, 4.69) is 18.8 Å². The number of benzene rings is 1. The maximum atomic E-state index is 5.88. The smallest absolute Gasteiger partial charge is 0.181 e. The summed E-state index contributed by atoms with van der Waals surface area (Å²) in [5.41, 5.74) is 2.09. The Bertz CT molecular complexity index is 471. The first kappa shape index (κ1) is 12.2. The molecule has 2 rings (SSSR count). The van der Waals surface area contributed by atoms with Crippen molar-refractivity contribution in [2.24, 2.45) is 0 Å². The van der Waals surface area contributed by atoms with Crippen molar-refractivity contribution < 1.29 is 4.42 Å². The topological polar surface area (TPSA) is 26.0 Å². The number of rotatable bonds is 4. The van der Waals surface area contributed by atoms with Crippen LogP contribution in [0, 0.1) is 0 Å². The van der Waals surface area contributed by atoms with Gasteiger partial charge in [0.05, 0.1) is 5.69 Å². The minimum Gasteiger partial charge on any atom is -0.443 e. The SMILES string of the molecule is CCC(CC)c1ncoc1-c1ccc(Cl)cc1. The molecule has 3 heteroatoms. The van der Waals surface area contributed by atoms with Crippen LogP contribution in [-0.2, 0) is 0 Å². The van der Waals surface area contributed by atoms with Crippen LogP contribution < -0.4 is 0 Å². The maximum Gasteiger partial charge on any atom is 0.181 e. The summed E-state index contributed by atoms with van der Waals surface area (Å²) < 4.78 is 5.52. The number of hydrogen-bond acceptors (Lipinski definition) is 2. The van der Waals surface area contributed by atoms with Crippen LogP contribution in [0.5, 0.6) is 0 Å². The first-order chi connectivity index (χ1) is 8.26. The standard InChI is InChI=1S/C14H16ClNO/c1-3-10(4-2)13-14(17-9-16-13)11-5-7-12(15)8-6-11/h5-10H,3-4H2,1-2H3. The summed E-state index contributed by atoms with van der Waals surface area (Å²) in [4.78, 5) is 4.36. The Hall–Kier alpha value is -1.28. The van der Waals surface area contributed by atoms with E-state index >= 15 is 0 Å². The Balaban J connectivity index is 2.39. The first-order valence-electron chi connectivity index (χ1n) is 5.95. The second kappa shape index (κ2) is 5.37. The fourth-order valence-electron chi connectivity index (χ4n) is 2.04. The van der Waals surface area contributed by atoms with E-state index in [4.69, 9.17) is 16.0 Å². The zero-order valence-electron chi connectivity index (χ0n) is 10.1. The van der Waals surface area contributed by atoms with Gasteiger partial charge in [-0.3, -0.25) is 0 Å². The van der Waals surface area contributed by atoms with Gasteiger partial charge in [-0.15, -0.1) is 0 Å². The molecule has 0 aliphatic rings. The molecule has 0 spiro atoms. The molecule has 0 atom stereocenters. The Morgan fingerprint density at radius 2 is 1.82 bits per heavy atom. The van der Waals surface area contributed by atoms with Crippen LogP contribution in [0.3, 0.4) is 0 Å². The number of oxazole rings is 1. The minimum absolute atomic E-state index is 0.458. The van der Waals surface area contributed by atoms with E-state index < -0.39 is 0 Å². The first-order valence-corrected chi connectivity index (χ1v) is 6.33. The Labute approximate surface area is 107 Å². The third kappa shape index (κ3) is 2.52. The molecule has 0 amide bonds. The van der Waals surface area contributed by atoms with Gasteiger partial charge < -0.3 is 4.42 Å². The lowest BCUT2D eigenvalue weighted by atomic mass is 9.96. The van der Waals surface area contributed by atoms with E-state index in [-0.39, 0.29) is 0 Å². The number of hydrogen-bond donors (Lipinski definition) is 0. The highest BCUT2D eigenvalue weighted by atomic mass is 35.5. The maximum absolute atomic E-state index is 5.88. The Kier molecular flexibility index (Phi) is 3.85. The van der Waals surface area contributed by atoms with E-state index in [9.17, 15) is 0 Å². The van der Waals surface area contributed by atoms with E-state index in [0.29, 0.717) is 5.92 Å². The third-order valence-electron chi connectivity index (χ3n) is 3.07. The second-order valence-electron chi connectivity index (χ2n) is 4.09. The van der Waals surface area contributed by atoms with Gasteiger partial charge in [-0.05, 0) is 37.1 Å². The number of aromatic nitrogens is 1. The molecule has 2 aromatic rings. The van der Waals surface area contributed by atoms with E-state index in [1.807, 2.05) is 24.3 Å². The summed E-state index contributed by atoms with van der Waals surface area (Å²) in [6, 6.07) is 7.68. The monoisotopic (exact) mass is 249 g/mol. The molecule has 90 valence electrons. The van der Waals surface area contributed by atoms with Gasteiger partial charge in [-0.1, -0.05) is 25.4 Å². The summed E-state index contributed by atoms with van der Waals surface area (Å²) >= 11 is 5.88. The predicted molar refractivity (Wildman–Crippen MR) is 70.3 cm³/mol. The van der Waals surface area contributed by atoms with E-state index in [1.54, 1.807) is 0 Å². The van der Waals surface area contributed by atoms with Crippen molar-refractivity contribution in [1.29, 1.82) is 0 Å². The van der Waals surface area contributed by atoms with Gasteiger partial charge in [-0.25, -0.2) is 4.98 Å². The molecule has 1 aromatic carbocycles. The van der Waals surface area contributed by atoms with Gasteiger partial charge in [0, 0.05) is 16.5 Å². The molecule has 1 aromatic heterocycles. The van der Waals surface area contributed by atoms with Crippen molar-refractivity contribution in [1.82, 2.24) is 4.98 Å². The summed E-state index contributed by atoms with van der Waals surface area (Å²) in [6.45, 7) is 4.35. The molecule has 0 radical (unpaired) electrons. The van der Waals surface area contributed by atoms with Crippen LogP contribution in [0.1, 0.15) is 38.3 Å². The van der Waals surface area contributed by atoms with Gasteiger partial charge in [0.15, 0.2) is 12.2 Å². The van der Waals surface area contributed by atoms with Crippen LogP contribution >= 0.6 is 11.6 Å². The minimum atomic E-state index is 0.458. The fourth-order valence-corrected chi connectivity index (χ4v) is 2.16. The molecule has 0 bridgehead atoms. The molecule has 0 saturated carbocycles. The molecule has 2 nitrogen and oxygen atoms in total. The number of halogens is 1. The Morgan fingerprint density at radius 1 is 1.18 bits per heavy atom. The van der Waals surface area contributed by atoms with Gasteiger partial charge in [0.25, 0.3) is 0 Å². The zero-order chi connectivity index (χ0) is 12.3.